The number of nitrogens with zero attached hydrogens (tertiary/aromatic N) is 2. The van der Waals surface area contributed by atoms with E-state index in [9.17, 15) is 4.79 Å². The van der Waals surface area contributed by atoms with Gasteiger partial charge >= 0.3 is 0 Å². The molecule has 0 aliphatic heterocycles. The molecule has 1 aromatic heterocycles. The van der Waals surface area contributed by atoms with Gasteiger partial charge in [-0.15, -0.1) is 0 Å². The van der Waals surface area contributed by atoms with E-state index in [0.717, 1.165) is 22.5 Å². The van der Waals surface area contributed by atoms with E-state index in [1.165, 1.54) is 0 Å². The third-order valence-corrected chi connectivity index (χ3v) is 4.70. The number of para-hydroxylation sites is 1. The highest BCUT2D eigenvalue weighted by molar-refractivity contribution is 6.30. The minimum Gasteiger partial charge on any atom is -0.324 e. The van der Waals surface area contributed by atoms with Crippen LogP contribution < -0.4 is 5.32 Å². The second-order valence-corrected chi connectivity index (χ2v) is 6.82. The number of hydrogen-bond donors (Lipinski definition) is 1. The van der Waals surface area contributed by atoms with E-state index in [1.807, 2.05) is 83.6 Å². The van der Waals surface area contributed by atoms with Crippen LogP contribution in [0.25, 0.3) is 11.3 Å². The molecule has 4 nitrogen and oxygen atoms in total. The average Bonchev–Trinajstić information content (AvgIpc) is 3.21. The molecule has 0 fully saturated rings. The Morgan fingerprint density at radius 3 is 2.21 bits per heavy atom. The molecular formula is C23H18ClN3O. The standard InChI is InChI=1S/C23H18ClN3O/c24-19-13-11-18(12-14-19)22(23(28)26-20-9-5-2-6-10-20)27-15-21(25-16-27)17-7-3-1-4-8-17/h1-16,22H,(H,26,28). The number of amides is 1. The number of imidazole rings is 1. The molecule has 0 saturated carbocycles. The first-order valence-electron chi connectivity index (χ1n) is 8.91. The second-order valence-electron chi connectivity index (χ2n) is 6.38. The zero-order valence-corrected chi connectivity index (χ0v) is 15.8. The van der Waals surface area contributed by atoms with E-state index < -0.39 is 6.04 Å². The molecule has 1 atom stereocenters. The average molecular weight is 388 g/mol. The first-order valence-corrected chi connectivity index (χ1v) is 9.29. The predicted octanol–water partition coefficient (Wildman–Crippen LogP) is 5.43. The number of hydrogen-bond acceptors (Lipinski definition) is 2. The van der Waals surface area contributed by atoms with Gasteiger partial charge in [-0.1, -0.05) is 72.3 Å². The van der Waals surface area contributed by atoms with Gasteiger partial charge in [-0.25, -0.2) is 4.98 Å². The molecule has 4 aromatic rings. The fourth-order valence-electron chi connectivity index (χ4n) is 3.07. The number of aromatic nitrogens is 2. The second kappa shape index (κ2) is 8.11. The quantitative estimate of drug-likeness (QED) is 0.496. The van der Waals surface area contributed by atoms with Crippen molar-refractivity contribution in [3.63, 3.8) is 0 Å². The van der Waals surface area contributed by atoms with Crippen LogP contribution in [0.15, 0.2) is 97.5 Å². The normalized spacial score (nSPS) is 11.8. The van der Waals surface area contributed by atoms with Gasteiger partial charge in [0.1, 0.15) is 6.04 Å². The Balaban J connectivity index is 1.70. The van der Waals surface area contributed by atoms with Crippen molar-refractivity contribution in [2.24, 2.45) is 0 Å². The lowest BCUT2D eigenvalue weighted by atomic mass is 10.1. The van der Waals surface area contributed by atoms with Crippen LogP contribution in [0.1, 0.15) is 11.6 Å². The van der Waals surface area contributed by atoms with E-state index in [2.05, 4.69) is 10.3 Å². The summed E-state index contributed by atoms with van der Waals surface area (Å²) < 4.78 is 1.82. The zero-order chi connectivity index (χ0) is 19.3. The maximum absolute atomic E-state index is 13.2. The highest BCUT2D eigenvalue weighted by Gasteiger charge is 2.23. The van der Waals surface area contributed by atoms with Gasteiger partial charge in [0.25, 0.3) is 5.91 Å². The summed E-state index contributed by atoms with van der Waals surface area (Å²) in [4.78, 5) is 17.6. The van der Waals surface area contributed by atoms with E-state index in [0.29, 0.717) is 5.02 Å². The van der Waals surface area contributed by atoms with E-state index in [4.69, 9.17) is 11.6 Å². The molecule has 138 valence electrons. The Hall–Kier alpha value is -3.37. The molecular weight excluding hydrogens is 370 g/mol. The van der Waals surface area contributed by atoms with Crippen molar-refractivity contribution < 1.29 is 4.79 Å². The van der Waals surface area contributed by atoms with Gasteiger partial charge in [-0.05, 0) is 29.8 Å². The van der Waals surface area contributed by atoms with Crippen LogP contribution in [0.5, 0.6) is 0 Å². The molecule has 1 heterocycles. The number of benzene rings is 3. The largest absolute Gasteiger partial charge is 0.324 e. The monoisotopic (exact) mass is 387 g/mol. The SMILES string of the molecule is O=C(Nc1ccccc1)C(c1ccc(Cl)cc1)n1cnc(-c2ccccc2)c1. The van der Waals surface area contributed by atoms with Gasteiger partial charge in [-0.2, -0.15) is 0 Å². The summed E-state index contributed by atoms with van der Waals surface area (Å²) in [6.45, 7) is 0. The van der Waals surface area contributed by atoms with Crippen LogP contribution in [-0.2, 0) is 4.79 Å². The first kappa shape index (κ1) is 18.0. The Morgan fingerprint density at radius 1 is 0.893 bits per heavy atom. The minimum absolute atomic E-state index is 0.148. The topological polar surface area (TPSA) is 46.9 Å². The van der Waals surface area contributed by atoms with Crippen molar-refractivity contribution in [1.29, 1.82) is 0 Å². The van der Waals surface area contributed by atoms with Crippen molar-refractivity contribution in [3.05, 3.63) is 108 Å². The third-order valence-electron chi connectivity index (χ3n) is 4.44. The van der Waals surface area contributed by atoms with E-state index in [-0.39, 0.29) is 5.91 Å². The van der Waals surface area contributed by atoms with Crippen LogP contribution in [0, 0.1) is 0 Å². The first-order chi connectivity index (χ1) is 13.7. The summed E-state index contributed by atoms with van der Waals surface area (Å²) in [5, 5.41) is 3.61. The summed E-state index contributed by atoms with van der Waals surface area (Å²) in [6.07, 6.45) is 3.57. The van der Waals surface area contributed by atoms with Crippen LogP contribution in [0.2, 0.25) is 5.02 Å². The molecule has 1 amide bonds. The highest BCUT2D eigenvalue weighted by atomic mass is 35.5. The van der Waals surface area contributed by atoms with Crippen molar-refractivity contribution in [2.45, 2.75) is 6.04 Å². The van der Waals surface area contributed by atoms with Gasteiger partial charge < -0.3 is 9.88 Å². The number of nitrogens with one attached hydrogen (secondary N) is 1. The van der Waals surface area contributed by atoms with Crippen molar-refractivity contribution in [3.8, 4) is 11.3 Å². The lowest BCUT2D eigenvalue weighted by Gasteiger charge is -2.19. The van der Waals surface area contributed by atoms with Gasteiger partial charge in [-0.3, -0.25) is 4.79 Å². The molecule has 0 spiro atoms. The van der Waals surface area contributed by atoms with Crippen LogP contribution in [-0.4, -0.2) is 15.5 Å². The van der Waals surface area contributed by atoms with Crippen molar-refractivity contribution >= 4 is 23.2 Å². The van der Waals surface area contributed by atoms with Gasteiger partial charge in [0.15, 0.2) is 0 Å². The lowest BCUT2D eigenvalue weighted by molar-refractivity contribution is -0.118. The van der Waals surface area contributed by atoms with Crippen LogP contribution in [0.3, 0.4) is 0 Å². The molecule has 1 unspecified atom stereocenters. The molecule has 4 rings (SSSR count). The number of anilines is 1. The van der Waals surface area contributed by atoms with E-state index in [1.54, 1.807) is 18.5 Å². The number of carbonyl (C=O) groups is 1. The summed E-state index contributed by atoms with van der Waals surface area (Å²) in [5.41, 5.74) is 3.39. The molecule has 3 aromatic carbocycles. The third kappa shape index (κ3) is 3.97. The number of carbonyl (C=O) groups excluding carboxylic acids is 1. The lowest BCUT2D eigenvalue weighted by Crippen LogP contribution is -2.26. The molecule has 0 bridgehead atoms. The summed E-state index contributed by atoms with van der Waals surface area (Å²) in [6, 6.07) is 26.0. The Morgan fingerprint density at radius 2 is 1.54 bits per heavy atom. The molecule has 1 N–H and O–H groups in total. The Bertz CT molecular complexity index is 1060. The maximum Gasteiger partial charge on any atom is 0.252 e. The molecule has 5 heteroatoms. The fraction of sp³-hybridized carbons (Fsp3) is 0.0435. The molecule has 0 aliphatic carbocycles. The van der Waals surface area contributed by atoms with Gasteiger partial charge in [0, 0.05) is 22.5 Å². The molecule has 0 aliphatic rings. The summed E-state index contributed by atoms with van der Waals surface area (Å²) in [7, 11) is 0. The van der Waals surface area contributed by atoms with E-state index >= 15 is 0 Å². The van der Waals surface area contributed by atoms with Gasteiger partial charge in [0.2, 0.25) is 0 Å². The summed E-state index contributed by atoms with van der Waals surface area (Å²) >= 11 is 6.04. The zero-order valence-electron chi connectivity index (χ0n) is 15.0. The smallest absolute Gasteiger partial charge is 0.252 e. The maximum atomic E-state index is 13.2. The minimum atomic E-state index is -0.567. The molecule has 0 radical (unpaired) electrons. The fourth-order valence-corrected chi connectivity index (χ4v) is 3.20. The number of halogens is 1. The van der Waals surface area contributed by atoms with Crippen molar-refractivity contribution in [1.82, 2.24) is 9.55 Å². The van der Waals surface area contributed by atoms with Gasteiger partial charge in [0.05, 0.1) is 12.0 Å². The predicted molar refractivity (Wildman–Crippen MR) is 112 cm³/mol. The summed E-state index contributed by atoms with van der Waals surface area (Å²) in [5.74, 6) is -0.148. The highest BCUT2D eigenvalue weighted by Crippen LogP contribution is 2.25. The number of rotatable bonds is 5. The van der Waals surface area contributed by atoms with Crippen LogP contribution in [0.4, 0.5) is 5.69 Å². The Labute approximate surface area is 168 Å². The van der Waals surface area contributed by atoms with Crippen LogP contribution >= 0.6 is 11.6 Å². The molecule has 0 saturated heterocycles. The van der Waals surface area contributed by atoms with Crippen molar-refractivity contribution in [2.75, 3.05) is 5.32 Å². The molecule has 28 heavy (non-hydrogen) atoms. The Kier molecular flexibility index (Phi) is 5.22.